The van der Waals surface area contributed by atoms with Gasteiger partial charge < -0.3 is 15.4 Å². The second kappa shape index (κ2) is 7.08. The van der Waals surface area contributed by atoms with E-state index in [1.54, 1.807) is 7.11 Å². The van der Waals surface area contributed by atoms with Gasteiger partial charge in [-0.15, -0.1) is 0 Å². The van der Waals surface area contributed by atoms with Crippen molar-refractivity contribution in [3.05, 3.63) is 29.8 Å². The Labute approximate surface area is 151 Å². The molecule has 2 aliphatic rings. The number of methoxy groups -OCH3 is 1. The Hall–Kier alpha value is -1.39. The van der Waals surface area contributed by atoms with Crippen LogP contribution in [0.25, 0.3) is 0 Å². The summed E-state index contributed by atoms with van der Waals surface area (Å²) < 4.78 is 5.29. The van der Waals surface area contributed by atoms with Crippen LogP contribution in [0.1, 0.15) is 58.4 Å². The highest BCUT2D eigenvalue weighted by Gasteiger charge is 2.48. The van der Waals surface area contributed by atoms with Crippen LogP contribution in [0.3, 0.4) is 0 Å². The number of hydrogen-bond acceptors (Lipinski definition) is 3. The van der Waals surface area contributed by atoms with Crippen LogP contribution in [0.5, 0.6) is 0 Å². The van der Waals surface area contributed by atoms with E-state index in [2.05, 4.69) is 37.5 Å². The van der Waals surface area contributed by atoms with E-state index in [0.29, 0.717) is 12.1 Å². The van der Waals surface area contributed by atoms with Crippen molar-refractivity contribution in [1.82, 2.24) is 5.32 Å². The van der Waals surface area contributed by atoms with Crippen molar-refractivity contribution in [3.63, 3.8) is 0 Å². The number of benzene rings is 1. The van der Waals surface area contributed by atoms with Gasteiger partial charge in [0.2, 0.25) is 5.91 Å². The van der Waals surface area contributed by atoms with Crippen LogP contribution < -0.4 is 10.6 Å². The normalized spacial score (nSPS) is 27.2. The Morgan fingerprint density at radius 1 is 1.28 bits per heavy atom. The molecule has 2 N–H and O–H groups in total. The van der Waals surface area contributed by atoms with Crippen molar-refractivity contribution in [2.45, 2.75) is 70.4 Å². The molecule has 0 aromatic heterocycles. The fourth-order valence-electron chi connectivity index (χ4n) is 4.43. The summed E-state index contributed by atoms with van der Waals surface area (Å²) in [4.78, 5) is 12.7. The number of para-hydroxylation sites is 1. The molecule has 0 radical (unpaired) electrons. The summed E-state index contributed by atoms with van der Waals surface area (Å²) >= 11 is 0. The molecule has 1 aliphatic carbocycles. The summed E-state index contributed by atoms with van der Waals surface area (Å²) in [5, 5.41) is 6.95. The molecule has 0 saturated heterocycles. The molecular formula is C21H32N2O2. The van der Waals surface area contributed by atoms with Gasteiger partial charge in [0, 0.05) is 31.5 Å². The van der Waals surface area contributed by atoms with Crippen LogP contribution in [0.4, 0.5) is 5.69 Å². The number of hydrogen-bond donors (Lipinski definition) is 2. The molecule has 1 atom stereocenters. The number of anilines is 1. The van der Waals surface area contributed by atoms with Gasteiger partial charge in [0.05, 0.1) is 5.41 Å². The number of amides is 1. The van der Waals surface area contributed by atoms with Gasteiger partial charge in [-0.05, 0) is 49.1 Å². The van der Waals surface area contributed by atoms with Crippen molar-refractivity contribution < 1.29 is 9.53 Å². The third kappa shape index (κ3) is 3.61. The number of nitrogens with one attached hydrogen (secondary N) is 2. The molecule has 1 aliphatic heterocycles. The molecule has 3 rings (SSSR count). The predicted octanol–water partition coefficient (Wildman–Crippen LogP) is 3.86. The minimum atomic E-state index is -0.307. The zero-order chi connectivity index (χ0) is 18.1. The Morgan fingerprint density at radius 3 is 2.60 bits per heavy atom. The highest BCUT2D eigenvalue weighted by Crippen LogP contribution is 2.47. The fraction of sp³-hybridized carbons (Fsp3) is 0.667. The zero-order valence-corrected chi connectivity index (χ0v) is 16.0. The van der Waals surface area contributed by atoms with Gasteiger partial charge in [-0.25, -0.2) is 0 Å². The van der Waals surface area contributed by atoms with Crippen LogP contribution in [-0.2, 0) is 14.9 Å². The second-order valence-electron chi connectivity index (χ2n) is 8.72. The van der Waals surface area contributed by atoms with E-state index in [-0.39, 0.29) is 16.7 Å². The molecule has 1 fully saturated rings. The summed E-state index contributed by atoms with van der Waals surface area (Å²) in [7, 11) is 1.76. The molecule has 1 heterocycles. The molecule has 1 amide bonds. The van der Waals surface area contributed by atoms with E-state index >= 15 is 0 Å². The quantitative estimate of drug-likeness (QED) is 0.853. The minimum absolute atomic E-state index is 0.193. The first-order valence-electron chi connectivity index (χ1n) is 9.53. The van der Waals surface area contributed by atoms with Gasteiger partial charge in [-0.3, -0.25) is 4.79 Å². The van der Waals surface area contributed by atoms with E-state index in [1.165, 1.54) is 5.56 Å². The first kappa shape index (κ1) is 18.4. The fourth-order valence-corrected chi connectivity index (χ4v) is 4.43. The van der Waals surface area contributed by atoms with Gasteiger partial charge in [0.25, 0.3) is 0 Å². The molecule has 138 valence electrons. The van der Waals surface area contributed by atoms with Crippen molar-refractivity contribution in [3.8, 4) is 0 Å². The van der Waals surface area contributed by atoms with Gasteiger partial charge in [0.15, 0.2) is 0 Å². The largest absolute Gasteiger partial charge is 0.385 e. The Bertz CT molecular complexity index is 613. The monoisotopic (exact) mass is 344 g/mol. The Morgan fingerprint density at radius 2 is 1.96 bits per heavy atom. The molecule has 1 aromatic carbocycles. The molecule has 25 heavy (non-hydrogen) atoms. The van der Waals surface area contributed by atoms with E-state index in [9.17, 15) is 4.79 Å². The Kier molecular flexibility index (Phi) is 5.21. The highest BCUT2D eigenvalue weighted by molar-refractivity contribution is 6.06. The molecule has 0 bridgehead atoms. The smallest absolute Gasteiger partial charge is 0.235 e. The number of carbonyl (C=O) groups excluding carboxylic acids is 1. The number of rotatable bonds is 5. The first-order valence-corrected chi connectivity index (χ1v) is 9.53. The van der Waals surface area contributed by atoms with E-state index in [4.69, 9.17) is 4.74 Å². The lowest BCUT2D eigenvalue weighted by Gasteiger charge is -2.40. The lowest BCUT2D eigenvalue weighted by Crippen LogP contribution is -2.50. The first-order chi connectivity index (χ1) is 11.9. The predicted molar refractivity (Wildman–Crippen MR) is 102 cm³/mol. The molecule has 1 aromatic rings. The molecule has 4 nitrogen and oxygen atoms in total. The van der Waals surface area contributed by atoms with Crippen molar-refractivity contribution in [2.24, 2.45) is 5.41 Å². The van der Waals surface area contributed by atoms with Crippen molar-refractivity contribution >= 4 is 11.6 Å². The summed E-state index contributed by atoms with van der Waals surface area (Å²) in [6.45, 7) is 7.63. The molecule has 1 unspecified atom stereocenters. The molecular weight excluding hydrogens is 312 g/mol. The summed E-state index contributed by atoms with van der Waals surface area (Å²) in [5.74, 6) is 0.193. The molecule has 1 spiro atoms. The molecule has 1 saturated carbocycles. The van der Waals surface area contributed by atoms with Gasteiger partial charge in [-0.2, -0.15) is 0 Å². The topological polar surface area (TPSA) is 50.4 Å². The van der Waals surface area contributed by atoms with Crippen molar-refractivity contribution in [2.75, 3.05) is 19.0 Å². The van der Waals surface area contributed by atoms with E-state index in [1.807, 2.05) is 18.2 Å². The average molecular weight is 344 g/mol. The number of carbonyl (C=O) groups is 1. The van der Waals surface area contributed by atoms with Crippen LogP contribution >= 0.6 is 0 Å². The van der Waals surface area contributed by atoms with Gasteiger partial charge in [-0.1, -0.05) is 39.0 Å². The SMILES string of the molecule is COCCC(NC1CCC2(CC1)C(=O)Nc1ccccc12)C(C)(C)C. The summed E-state index contributed by atoms with van der Waals surface area (Å²) in [6, 6.07) is 9.09. The highest BCUT2D eigenvalue weighted by atomic mass is 16.5. The molecule has 4 heteroatoms. The third-order valence-corrected chi connectivity index (χ3v) is 6.06. The lowest BCUT2D eigenvalue weighted by molar-refractivity contribution is -0.122. The van der Waals surface area contributed by atoms with Crippen molar-refractivity contribution in [1.29, 1.82) is 0 Å². The Balaban J connectivity index is 1.67. The van der Waals surface area contributed by atoms with E-state index < -0.39 is 0 Å². The van der Waals surface area contributed by atoms with Crippen LogP contribution in [0.2, 0.25) is 0 Å². The summed E-state index contributed by atoms with van der Waals surface area (Å²) in [6.07, 6.45) is 4.96. The summed E-state index contributed by atoms with van der Waals surface area (Å²) in [5.41, 5.74) is 2.10. The second-order valence-corrected chi connectivity index (χ2v) is 8.72. The van der Waals surface area contributed by atoms with Gasteiger partial charge in [0.1, 0.15) is 0 Å². The standard InChI is InChI=1S/C21H32N2O2/c1-20(2,3)18(11-14-25-4)22-15-9-12-21(13-10-15)16-7-5-6-8-17(16)23-19(21)24/h5-8,15,18,22H,9-14H2,1-4H3,(H,23,24). The maximum absolute atomic E-state index is 12.7. The minimum Gasteiger partial charge on any atom is -0.385 e. The number of fused-ring (bicyclic) bond motifs is 2. The van der Waals surface area contributed by atoms with Crippen LogP contribution in [0.15, 0.2) is 24.3 Å². The van der Waals surface area contributed by atoms with Gasteiger partial charge >= 0.3 is 0 Å². The van der Waals surface area contributed by atoms with Crippen LogP contribution in [-0.4, -0.2) is 31.7 Å². The van der Waals surface area contributed by atoms with E-state index in [0.717, 1.165) is 44.4 Å². The average Bonchev–Trinajstić information content (AvgIpc) is 2.84. The maximum Gasteiger partial charge on any atom is 0.235 e. The third-order valence-electron chi connectivity index (χ3n) is 6.06. The maximum atomic E-state index is 12.7. The lowest BCUT2D eigenvalue weighted by atomic mass is 9.68. The number of ether oxygens (including phenoxy) is 1. The zero-order valence-electron chi connectivity index (χ0n) is 16.0. The van der Waals surface area contributed by atoms with Crippen LogP contribution in [0, 0.1) is 5.41 Å².